The zero-order chi connectivity index (χ0) is 22.1. The smallest absolute Gasteiger partial charge is 0.321 e. The van der Waals surface area contributed by atoms with Gasteiger partial charge in [0.1, 0.15) is 0 Å². The van der Waals surface area contributed by atoms with Gasteiger partial charge in [-0.3, -0.25) is 4.79 Å². The van der Waals surface area contributed by atoms with Crippen molar-refractivity contribution in [1.29, 1.82) is 0 Å². The Morgan fingerprint density at radius 3 is 2.50 bits per heavy atom. The second-order valence-electron chi connectivity index (χ2n) is 8.51. The third-order valence-electron chi connectivity index (χ3n) is 6.26. The Morgan fingerprint density at radius 1 is 0.938 bits per heavy atom. The fraction of sp³-hybridized carbons (Fsp3) is 0.231. The summed E-state index contributed by atoms with van der Waals surface area (Å²) in [5.41, 5.74) is 3.90. The van der Waals surface area contributed by atoms with Crippen LogP contribution in [0.4, 0.5) is 10.5 Å². The van der Waals surface area contributed by atoms with Crippen molar-refractivity contribution in [2.75, 3.05) is 18.4 Å². The zero-order valence-electron chi connectivity index (χ0n) is 17.6. The average Bonchev–Trinajstić information content (AvgIpc) is 2.80. The number of para-hydroxylation sites is 1. The second kappa shape index (κ2) is 8.67. The standard InChI is InChI=1S/C26H24ClN3O2/c27-22-11-7-18(8-12-22)6-9-20-10-13-24(31)30-16-19-14-21(25(20)30)17-29(15-19)26(32)28-23-4-2-1-3-5-23/h1-13,19,21H,14-17H2,(H,28,32)/t19-,21-/m1/s1. The second-order valence-corrected chi connectivity index (χ2v) is 8.94. The molecular formula is C26H24ClN3O2. The highest BCUT2D eigenvalue weighted by atomic mass is 35.5. The number of hydrogen-bond acceptors (Lipinski definition) is 2. The van der Waals surface area contributed by atoms with Gasteiger partial charge in [-0.1, -0.05) is 54.1 Å². The van der Waals surface area contributed by atoms with E-state index in [0.29, 0.717) is 24.7 Å². The lowest BCUT2D eigenvalue weighted by molar-refractivity contribution is 0.139. The number of piperidine rings is 1. The minimum atomic E-state index is -0.0871. The molecule has 1 saturated heterocycles. The number of rotatable bonds is 3. The van der Waals surface area contributed by atoms with Crippen molar-refractivity contribution in [1.82, 2.24) is 9.47 Å². The van der Waals surface area contributed by atoms with E-state index in [1.807, 2.05) is 76.2 Å². The van der Waals surface area contributed by atoms with E-state index >= 15 is 0 Å². The topological polar surface area (TPSA) is 54.3 Å². The molecule has 5 rings (SSSR count). The number of likely N-dealkylation sites (tertiary alicyclic amines) is 1. The number of anilines is 1. The minimum Gasteiger partial charge on any atom is -0.324 e. The number of carbonyl (C=O) groups excluding carboxylic acids is 1. The monoisotopic (exact) mass is 445 g/mol. The number of aromatic nitrogens is 1. The molecule has 3 heterocycles. The van der Waals surface area contributed by atoms with Crippen LogP contribution < -0.4 is 10.9 Å². The molecule has 2 aliphatic heterocycles. The number of carbonyl (C=O) groups is 1. The first-order chi connectivity index (χ1) is 15.6. The molecule has 2 amide bonds. The van der Waals surface area contributed by atoms with Gasteiger partial charge in [0.2, 0.25) is 0 Å². The molecular weight excluding hydrogens is 422 g/mol. The van der Waals surface area contributed by atoms with Crippen LogP contribution in [-0.2, 0) is 6.54 Å². The Morgan fingerprint density at radius 2 is 1.72 bits per heavy atom. The lowest BCUT2D eigenvalue weighted by Gasteiger charge is -2.43. The Bertz CT molecular complexity index is 1220. The summed E-state index contributed by atoms with van der Waals surface area (Å²) in [5.74, 6) is 0.402. The predicted molar refractivity (Wildman–Crippen MR) is 129 cm³/mol. The van der Waals surface area contributed by atoms with Crippen molar-refractivity contribution >= 4 is 35.5 Å². The highest BCUT2D eigenvalue weighted by molar-refractivity contribution is 6.30. The van der Waals surface area contributed by atoms with Crippen LogP contribution in [0.1, 0.15) is 29.2 Å². The minimum absolute atomic E-state index is 0.0283. The molecule has 2 aliphatic rings. The number of pyridine rings is 1. The predicted octanol–water partition coefficient (Wildman–Crippen LogP) is 5.32. The molecule has 1 N–H and O–H groups in total. The van der Waals surface area contributed by atoms with E-state index in [9.17, 15) is 9.59 Å². The average molecular weight is 446 g/mol. The van der Waals surface area contributed by atoms with Crippen molar-refractivity contribution in [3.8, 4) is 0 Å². The molecule has 6 heteroatoms. The molecule has 2 atom stereocenters. The summed E-state index contributed by atoms with van der Waals surface area (Å²) in [7, 11) is 0. The molecule has 0 aliphatic carbocycles. The molecule has 162 valence electrons. The summed E-state index contributed by atoms with van der Waals surface area (Å²) in [5, 5.41) is 3.70. The van der Waals surface area contributed by atoms with Crippen molar-refractivity contribution in [2.45, 2.75) is 18.9 Å². The van der Waals surface area contributed by atoms with Gasteiger partial charge in [-0.2, -0.15) is 0 Å². The molecule has 0 saturated carbocycles. The number of nitrogens with one attached hydrogen (secondary N) is 1. The van der Waals surface area contributed by atoms with Crippen molar-refractivity contribution in [2.24, 2.45) is 5.92 Å². The highest BCUT2D eigenvalue weighted by Crippen LogP contribution is 2.37. The molecule has 2 aromatic carbocycles. The van der Waals surface area contributed by atoms with E-state index in [0.717, 1.165) is 28.9 Å². The normalized spacial score (nSPS) is 19.6. The first kappa shape index (κ1) is 20.6. The Hall–Kier alpha value is -3.31. The third kappa shape index (κ3) is 4.21. The van der Waals surface area contributed by atoms with E-state index in [2.05, 4.69) is 11.4 Å². The number of benzene rings is 2. The maximum atomic E-state index is 12.9. The van der Waals surface area contributed by atoms with E-state index in [1.54, 1.807) is 6.07 Å². The van der Waals surface area contributed by atoms with Crippen LogP contribution in [0, 0.1) is 5.92 Å². The van der Waals surface area contributed by atoms with Crippen LogP contribution >= 0.6 is 11.6 Å². The van der Waals surface area contributed by atoms with E-state index in [4.69, 9.17) is 11.6 Å². The Kier molecular flexibility index (Phi) is 5.58. The van der Waals surface area contributed by atoms with Crippen LogP contribution in [0.2, 0.25) is 5.02 Å². The molecule has 1 aromatic heterocycles. The first-order valence-corrected chi connectivity index (χ1v) is 11.2. The fourth-order valence-electron chi connectivity index (χ4n) is 4.84. The van der Waals surface area contributed by atoms with E-state index < -0.39 is 0 Å². The fourth-order valence-corrected chi connectivity index (χ4v) is 4.96. The van der Waals surface area contributed by atoms with Gasteiger partial charge < -0.3 is 14.8 Å². The number of amides is 2. The van der Waals surface area contributed by atoms with E-state index in [-0.39, 0.29) is 23.4 Å². The van der Waals surface area contributed by atoms with Crippen molar-refractivity contribution < 1.29 is 4.79 Å². The number of urea groups is 1. The molecule has 0 spiro atoms. The molecule has 32 heavy (non-hydrogen) atoms. The van der Waals surface area contributed by atoms with Gasteiger partial charge in [-0.25, -0.2) is 4.79 Å². The van der Waals surface area contributed by atoms with Crippen LogP contribution in [0.5, 0.6) is 0 Å². The molecule has 3 aromatic rings. The van der Waals surface area contributed by atoms with Gasteiger partial charge in [-0.05, 0) is 53.8 Å². The van der Waals surface area contributed by atoms with Crippen LogP contribution in [0.15, 0.2) is 71.5 Å². The van der Waals surface area contributed by atoms with Crippen LogP contribution in [0.3, 0.4) is 0 Å². The largest absolute Gasteiger partial charge is 0.324 e. The molecule has 1 fully saturated rings. The van der Waals surface area contributed by atoms with Crippen molar-refractivity contribution in [3.05, 3.63) is 98.9 Å². The quantitative estimate of drug-likeness (QED) is 0.593. The highest BCUT2D eigenvalue weighted by Gasteiger charge is 2.37. The first-order valence-electron chi connectivity index (χ1n) is 10.9. The summed E-state index contributed by atoms with van der Waals surface area (Å²) in [6.07, 6.45) is 5.07. The van der Waals surface area contributed by atoms with E-state index in [1.165, 1.54) is 0 Å². The number of fused-ring (bicyclic) bond motifs is 4. The lowest BCUT2D eigenvalue weighted by Crippen LogP contribution is -2.50. The van der Waals surface area contributed by atoms with Gasteiger partial charge in [0.05, 0.1) is 0 Å². The summed E-state index contributed by atoms with van der Waals surface area (Å²) >= 11 is 5.99. The number of halogens is 1. The number of nitrogens with zero attached hydrogens (tertiary/aromatic N) is 2. The number of hydrogen-bond donors (Lipinski definition) is 1. The maximum Gasteiger partial charge on any atom is 0.321 e. The molecule has 5 nitrogen and oxygen atoms in total. The summed E-state index contributed by atoms with van der Waals surface area (Å²) in [6.45, 7) is 1.90. The van der Waals surface area contributed by atoms with Gasteiger partial charge in [0.15, 0.2) is 0 Å². The molecule has 0 unspecified atom stereocenters. The SMILES string of the molecule is O=C(Nc1ccccc1)N1C[C@H]2C[C@H](C1)c1c(C=Cc3ccc(Cl)cc3)ccc(=O)n1C2. The van der Waals surface area contributed by atoms with Crippen LogP contribution in [-0.4, -0.2) is 28.6 Å². The Labute approximate surface area is 191 Å². The third-order valence-corrected chi connectivity index (χ3v) is 6.51. The van der Waals surface area contributed by atoms with Gasteiger partial charge in [0.25, 0.3) is 5.56 Å². The molecule has 2 bridgehead atoms. The van der Waals surface area contributed by atoms with Crippen molar-refractivity contribution in [3.63, 3.8) is 0 Å². The summed E-state index contributed by atoms with van der Waals surface area (Å²) in [4.78, 5) is 27.5. The molecule has 0 radical (unpaired) electrons. The zero-order valence-corrected chi connectivity index (χ0v) is 18.3. The summed E-state index contributed by atoms with van der Waals surface area (Å²) < 4.78 is 1.91. The van der Waals surface area contributed by atoms with Gasteiger partial charge in [0, 0.05) is 48.0 Å². The summed E-state index contributed by atoms with van der Waals surface area (Å²) in [6, 6.07) is 20.6. The lowest BCUT2D eigenvalue weighted by atomic mass is 9.81. The van der Waals surface area contributed by atoms with Crippen LogP contribution in [0.25, 0.3) is 12.2 Å². The van der Waals surface area contributed by atoms with Gasteiger partial charge >= 0.3 is 6.03 Å². The Balaban J connectivity index is 1.42. The maximum absolute atomic E-state index is 12.9. The van der Waals surface area contributed by atoms with Gasteiger partial charge in [-0.15, -0.1) is 0 Å².